The summed E-state index contributed by atoms with van der Waals surface area (Å²) in [6, 6.07) is 0. The monoisotopic (exact) mass is 210 g/mol. The van der Waals surface area contributed by atoms with Crippen LogP contribution in [-0.2, 0) is 9.78 Å². The average molecular weight is 210 g/mol. The molecular weight excluding hydrogens is 188 g/mol. The van der Waals surface area contributed by atoms with Gasteiger partial charge in [-0.3, -0.25) is 0 Å². The maximum Gasteiger partial charge on any atom is 0.109 e. The zero-order valence-corrected chi connectivity index (χ0v) is 9.87. The van der Waals surface area contributed by atoms with Crippen LogP contribution in [0.25, 0.3) is 0 Å². The van der Waals surface area contributed by atoms with E-state index in [4.69, 9.17) is 9.78 Å². The smallest absolute Gasteiger partial charge is 0.109 e. The van der Waals surface area contributed by atoms with Crippen LogP contribution in [0, 0.1) is 23.7 Å². The van der Waals surface area contributed by atoms with Crippen molar-refractivity contribution in [3.63, 3.8) is 0 Å². The highest BCUT2D eigenvalue weighted by atomic mass is 17.2. The first-order chi connectivity index (χ1) is 7.28. The van der Waals surface area contributed by atoms with Crippen molar-refractivity contribution >= 4 is 0 Å². The molecule has 4 rings (SSSR count). The highest BCUT2D eigenvalue weighted by Crippen LogP contribution is 2.60. The van der Waals surface area contributed by atoms with Gasteiger partial charge in [0, 0.05) is 0 Å². The number of rotatable bonds is 3. The van der Waals surface area contributed by atoms with Crippen LogP contribution < -0.4 is 0 Å². The number of hydrogen-bond donors (Lipinski definition) is 0. The Labute approximate surface area is 92.3 Å². The summed E-state index contributed by atoms with van der Waals surface area (Å²) in [4.78, 5) is 10.8. The van der Waals surface area contributed by atoms with Gasteiger partial charge in [-0.1, -0.05) is 6.92 Å². The SMILES string of the molecule is CCC1(OOC)C2CC3CC(C2)CC1C3. The Morgan fingerprint density at radius 1 is 1.00 bits per heavy atom. The van der Waals surface area contributed by atoms with E-state index in [-0.39, 0.29) is 5.60 Å². The van der Waals surface area contributed by atoms with Crippen molar-refractivity contribution in [2.45, 2.75) is 51.0 Å². The van der Waals surface area contributed by atoms with Gasteiger partial charge in [-0.25, -0.2) is 9.78 Å². The molecule has 0 aromatic heterocycles. The fraction of sp³-hybridized carbons (Fsp3) is 1.00. The van der Waals surface area contributed by atoms with Crippen LogP contribution in [0.3, 0.4) is 0 Å². The molecular formula is C13H22O2. The quantitative estimate of drug-likeness (QED) is 0.526. The predicted octanol–water partition coefficient (Wildman–Crippen LogP) is 3.17. The summed E-state index contributed by atoms with van der Waals surface area (Å²) < 4.78 is 0. The fourth-order valence-electron chi connectivity index (χ4n) is 4.91. The lowest BCUT2D eigenvalue weighted by atomic mass is 9.49. The largest absolute Gasteiger partial charge is 0.240 e. The molecule has 2 nitrogen and oxygen atoms in total. The van der Waals surface area contributed by atoms with Crippen molar-refractivity contribution in [2.24, 2.45) is 23.7 Å². The molecule has 15 heavy (non-hydrogen) atoms. The summed E-state index contributed by atoms with van der Waals surface area (Å²) in [6.45, 7) is 2.27. The first-order valence-corrected chi connectivity index (χ1v) is 6.50. The van der Waals surface area contributed by atoms with Crippen LogP contribution in [0.1, 0.15) is 45.4 Å². The van der Waals surface area contributed by atoms with E-state index >= 15 is 0 Å². The van der Waals surface area contributed by atoms with Crippen LogP contribution in [-0.4, -0.2) is 12.7 Å². The molecule has 2 heteroatoms. The lowest BCUT2D eigenvalue weighted by Gasteiger charge is -2.59. The van der Waals surface area contributed by atoms with Gasteiger partial charge in [0.25, 0.3) is 0 Å². The van der Waals surface area contributed by atoms with E-state index in [0.717, 1.165) is 30.1 Å². The Hall–Kier alpha value is -0.0800. The molecule has 4 bridgehead atoms. The van der Waals surface area contributed by atoms with E-state index in [1.807, 2.05) is 0 Å². The lowest BCUT2D eigenvalue weighted by molar-refractivity contribution is -0.392. The summed E-state index contributed by atoms with van der Waals surface area (Å²) in [6.07, 6.45) is 8.19. The second kappa shape index (κ2) is 3.46. The summed E-state index contributed by atoms with van der Waals surface area (Å²) in [5, 5.41) is 0. The first kappa shape index (κ1) is 10.1. The maximum absolute atomic E-state index is 5.76. The van der Waals surface area contributed by atoms with Crippen LogP contribution >= 0.6 is 0 Å². The van der Waals surface area contributed by atoms with Crippen molar-refractivity contribution in [1.29, 1.82) is 0 Å². The van der Waals surface area contributed by atoms with Gasteiger partial charge in [-0.2, -0.15) is 0 Å². The molecule has 0 unspecified atom stereocenters. The van der Waals surface area contributed by atoms with E-state index in [2.05, 4.69) is 6.92 Å². The standard InChI is InChI=1S/C13H22O2/c1-3-13(15-14-2)11-5-9-4-10(7-11)8-12(13)6-9/h9-12H,3-8H2,1-2H3. The Morgan fingerprint density at radius 2 is 1.53 bits per heavy atom. The van der Waals surface area contributed by atoms with E-state index < -0.39 is 0 Å². The molecule has 4 fully saturated rings. The summed E-state index contributed by atoms with van der Waals surface area (Å²) in [5.74, 6) is 3.57. The molecule has 0 aliphatic heterocycles. The van der Waals surface area contributed by atoms with Gasteiger partial charge in [0.15, 0.2) is 0 Å². The second-order valence-electron chi connectivity index (χ2n) is 5.86. The lowest BCUT2D eigenvalue weighted by Crippen LogP contribution is -2.58. The number of hydrogen-bond acceptors (Lipinski definition) is 2. The molecule has 4 aliphatic rings. The summed E-state index contributed by atoms with van der Waals surface area (Å²) >= 11 is 0. The van der Waals surface area contributed by atoms with E-state index in [0.29, 0.717) is 0 Å². The van der Waals surface area contributed by atoms with Crippen molar-refractivity contribution in [3.05, 3.63) is 0 Å². The van der Waals surface area contributed by atoms with Crippen LogP contribution in [0.2, 0.25) is 0 Å². The Morgan fingerprint density at radius 3 is 1.93 bits per heavy atom. The molecule has 4 aliphatic carbocycles. The fourth-order valence-corrected chi connectivity index (χ4v) is 4.91. The molecule has 0 radical (unpaired) electrons. The van der Waals surface area contributed by atoms with Crippen molar-refractivity contribution in [2.75, 3.05) is 7.11 Å². The minimum absolute atomic E-state index is 0.0716. The van der Waals surface area contributed by atoms with Gasteiger partial charge in [0.05, 0.1) is 7.11 Å². The normalized spacial score (nSPS) is 52.4. The van der Waals surface area contributed by atoms with Crippen LogP contribution in [0.4, 0.5) is 0 Å². The first-order valence-electron chi connectivity index (χ1n) is 6.50. The highest BCUT2D eigenvalue weighted by Gasteiger charge is 2.57. The van der Waals surface area contributed by atoms with Gasteiger partial charge in [0.1, 0.15) is 5.60 Å². The van der Waals surface area contributed by atoms with Crippen LogP contribution in [0.5, 0.6) is 0 Å². The van der Waals surface area contributed by atoms with Crippen molar-refractivity contribution in [3.8, 4) is 0 Å². The van der Waals surface area contributed by atoms with Crippen LogP contribution in [0.15, 0.2) is 0 Å². The van der Waals surface area contributed by atoms with E-state index in [1.165, 1.54) is 32.1 Å². The van der Waals surface area contributed by atoms with E-state index in [1.54, 1.807) is 7.11 Å². The third kappa shape index (κ3) is 1.31. The molecule has 86 valence electrons. The van der Waals surface area contributed by atoms with Crippen molar-refractivity contribution < 1.29 is 9.78 Å². The zero-order chi connectivity index (χ0) is 10.5. The van der Waals surface area contributed by atoms with Gasteiger partial charge < -0.3 is 0 Å². The predicted molar refractivity (Wildman–Crippen MR) is 58.2 cm³/mol. The van der Waals surface area contributed by atoms with Gasteiger partial charge in [-0.15, -0.1) is 0 Å². The topological polar surface area (TPSA) is 18.5 Å². The third-order valence-electron chi connectivity index (χ3n) is 5.31. The zero-order valence-electron chi connectivity index (χ0n) is 9.87. The minimum atomic E-state index is 0.0716. The van der Waals surface area contributed by atoms with E-state index in [9.17, 15) is 0 Å². The Balaban J connectivity index is 1.89. The minimum Gasteiger partial charge on any atom is -0.240 e. The second-order valence-corrected chi connectivity index (χ2v) is 5.86. The molecule has 4 saturated carbocycles. The molecule has 0 spiro atoms. The molecule has 0 N–H and O–H groups in total. The molecule has 0 aromatic carbocycles. The van der Waals surface area contributed by atoms with Gasteiger partial charge >= 0.3 is 0 Å². The van der Waals surface area contributed by atoms with Crippen molar-refractivity contribution in [1.82, 2.24) is 0 Å². The van der Waals surface area contributed by atoms with Gasteiger partial charge in [0.2, 0.25) is 0 Å². The summed E-state index contributed by atoms with van der Waals surface area (Å²) in [5.41, 5.74) is 0.0716. The Bertz CT molecular complexity index is 221. The molecule has 0 heterocycles. The summed E-state index contributed by atoms with van der Waals surface area (Å²) in [7, 11) is 1.67. The molecule has 0 aromatic rings. The molecule has 0 atom stereocenters. The third-order valence-corrected chi connectivity index (χ3v) is 5.31. The maximum atomic E-state index is 5.76. The Kier molecular flexibility index (Phi) is 2.33. The molecule has 0 amide bonds. The van der Waals surface area contributed by atoms with Gasteiger partial charge in [-0.05, 0) is 62.2 Å². The molecule has 0 saturated heterocycles. The average Bonchev–Trinajstić information content (AvgIpc) is 2.23. The highest BCUT2D eigenvalue weighted by molar-refractivity contribution is 5.06.